The molecule has 2 aliphatic heterocycles. The molecule has 0 aliphatic carbocycles. The van der Waals surface area contributed by atoms with Crippen molar-refractivity contribution in [1.82, 2.24) is 14.8 Å². The number of unbranched alkanes of at least 4 members (excludes halogenated alkanes) is 3. The molecule has 2 aliphatic rings. The van der Waals surface area contributed by atoms with Gasteiger partial charge in [0.25, 0.3) is 0 Å². The van der Waals surface area contributed by atoms with Crippen LogP contribution in [0.3, 0.4) is 0 Å². The van der Waals surface area contributed by atoms with Crippen LogP contribution in [0.2, 0.25) is 0 Å². The average molecular weight is 540 g/mol. The summed E-state index contributed by atoms with van der Waals surface area (Å²) in [6.07, 6.45) is 7.64. The van der Waals surface area contributed by atoms with Crippen LogP contribution in [0.25, 0.3) is 11.3 Å². The maximum atomic E-state index is 13.4. The smallest absolute Gasteiger partial charge is 0.378 e. The molecular weight excluding hydrogens is 494 g/mol. The van der Waals surface area contributed by atoms with E-state index in [-0.39, 0.29) is 22.4 Å². The van der Waals surface area contributed by atoms with E-state index in [0.717, 1.165) is 56.0 Å². The Balaban J connectivity index is 1.48. The number of rotatable bonds is 11. The SMILES string of the molecule is CCc1c2n(cc(C(=O)OOC)c1=O)C(C(C)(C)C)Cc1cc(OCCCCCCN3CCNCC3)ccc1-2. The van der Waals surface area contributed by atoms with Crippen LogP contribution >= 0.6 is 0 Å². The Morgan fingerprint density at radius 1 is 1.10 bits per heavy atom. The van der Waals surface area contributed by atoms with E-state index in [1.165, 1.54) is 38.5 Å². The number of nitrogens with one attached hydrogen (secondary N) is 1. The van der Waals surface area contributed by atoms with E-state index >= 15 is 0 Å². The highest BCUT2D eigenvalue weighted by atomic mass is 17.2. The summed E-state index contributed by atoms with van der Waals surface area (Å²) in [7, 11) is 1.26. The van der Waals surface area contributed by atoms with Crippen LogP contribution in [0, 0.1) is 5.41 Å². The number of aromatic nitrogens is 1. The second kappa shape index (κ2) is 13.1. The van der Waals surface area contributed by atoms with Gasteiger partial charge in [0.2, 0.25) is 0 Å². The largest absolute Gasteiger partial charge is 0.494 e. The fourth-order valence-corrected chi connectivity index (χ4v) is 5.84. The van der Waals surface area contributed by atoms with Gasteiger partial charge in [-0.05, 0) is 61.4 Å². The molecule has 0 bridgehead atoms. The lowest BCUT2D eigenvalue weighted by atomic mass is 9.78. The number of nitrogens with zero attached hydrogens (tertiary/aromatic N) is 2. The predicted molar refractivity (Wildman–Crippen MR) is 153 cm³/mol. The highest BCUT2D eigenvalue weighted by molar-refractivity contribution is 5.89. The van der Waals surface area contributed by atoms with Gasteiger partial charge in [-0.3, -0.25) is 9.68 Å². The molecule has 4 rings (SSSR count). The zero-order valence-corrected chi connectivity index (χ0v) is 24.3. The van der Waals surface area contributed by atoms with E-state index in [4.69, 9.17) is 9.62 Å². The summed E-state index contributed by atoms with van der Waals surface area (Å²) in [5, 5.41) is 3.41. The van der Waals surface area contributed by atoms with Crippen molar-refractivity contribution in [3.8, 4) is 17.0 Å². The monoisotopic (exact) mass is 539 g/mol. The molecule has 214 valence electrons. The normalized spacial score (nSPS) is 17.4. The van der Waals surface area contributed by atoms with Gasteiger partial charge in [-0.15, -0.1) is 0 Å². The minimum Gasteiger partial charge on any atom is -0.494 e. The van der Waals surface area contributed by atoms with E-state index in [9.17, 15) is 9.59 Å². The van der Waals surface area contributed by atoms with E-state index in [2.05, 4.69) is 52.6 Å². The lowest BCUT2D eigenvalue weighted by molar-refractivity contribution is -0.216. The Hall–Kier alpha value is -2.68. The Kier molecular flexibility index (Phi) is 9.86. The van der Waals surface area contributed by atoms with Gasteiger partial charge in [0.1, 0.15) is 11.3 Å². The fraction of sp³-hybridized carbons (Fsp3) is 0.613. The number of fused-ring (bicyclic) bond motifs is 3. The number of hydrogen-bond donors (Lipinski definition) is 1. The number of ether oxygens (including phenoxy) is 1. The van der Waals surface area contributed by atoms with Crippen LogP contribution in [0.15, 0.2) is 29.2 Å². The van der Waals surface area contributed by atoms with E-state index in [1.807, 2.05) is 13.0 Å². The molecule has 1 unspecified atom stereocenters. The first-order valence-electron chi connectivity index (χ1n) is 14.5. The van der Waals surface area contributed by atoms with Crippen LogP contribution in [0.5, 0.6) is 5.75 Å². The highest BCUT2D eigenvalue weighted by Crippen LogP contribution is 2.44. The second-order valence-electron chi connectivity index (χ2n) is 11.8. The van der Waals surface area contributed by atoms with Crippen molar-refractivity contribution in [2.45, 2.75) is 72.3 Å². The summed E-state index contributed by atoms with van der Waals surface area (Å²) < 4.78 is 8.28. The van der Waals surface area contributed by atoms with Gasteiger partial charge in [0, 0.05) is 49.5 Å². The maximum Gasteiger partial charge on any atom is 0.378 e. The molecule has 3 heterocycles. The van der Waals surface area contributed by atoms with Crippen LogP contribution < -0.4 is 15.5 Å². The molecule has 39 heavy (non-hydrogen) atoms. The Bertz CT molecular complexity index is 1190. The van der Waals surface area contributed by atoms with Crippen molar-refractivity contribution >= 4 is 5.97 Å². The van der Waals surface area contributed by atoms with Gasteiger partial charge >= 0.3 is 5.97 Å². The second-order valence-corrected chi connectivity index (χ2v) is 11.8. The van der Waals surface area contributed by atoms with Gasteiger partial charge in [-0.25, -0.2) is 4.79 Å². The molecule has 8 heteroatoms. The van der Waals surface area contributed by atoms with Crippen molar-refractivity contribution in [3.63, 3.8) is 0 Å². The van der Waals surface area contributed by atoms with Crippen LogP contribution in [-0.4, -0.2) is 61.9 Å². The molecule has 1 saturated heterocycles. The number of piperazine rings is 1. The number of hydrogen-bond acceptors (Lipinski definition) is 7. The molecule has 1 N–H and O–H groups in total. The fourth-order valence-electron chi connectivity index (χ4n) is 5.84. The number of benzene rings is 1. The molecule has 8 nitrogen and oxygen atoms in total. The summed E-state index contributed by atoms with van der Waals surface area (Å²) in [6.45, 7) is 15.0. The van der Waals surface area contributed by atoms with Crippen LogP contribution in [0.4, 0.5) is 0 Å². The summed E-state index contributed by atoms with van der Waals surface area (Å²) in [6, 6.07) is 6.25. The first kappa shape index (κ1) is 29.3. The Morgan fingerprint density at radius 3 is 2.54 bits per heavy atom. The van der Waals surface area contributed by atoms with Crippen LogP contribution in [0.1, 0.15) is 80.9 Å². The van der Waals surface area contributed by atoms with Crippen molar-refractivity contribution in [2.24, 2.45) is 5.41 Å². The first-order chi connectivity index (χ1) is 18.7. The first-order valence-corrected chi connectivity index (χ1v) is 14.5. The van der Waals surface area contributed by atoms with Crippen molar-refractivity contribution in [1.29, 1.82) is 0 Å². The highest BCUT2D eigenvalue weighted by Gasteiger charge is 2.35. The third-order valence-electron chi connectivity index (χ3n) is 7.99. The average Bonchev–Trinajstić information content (AvgIpc) is 2.91. The van der Waals surface area contributed by atoms with Gasteiger partial charge in [0.05, 0.1) is 19.4 Å². The lowest BCUT2D eigenvalue weighted by Crippen LogP contribution is -2.43. The minimum atomic E-state index is -0.765. The molecule has 1 fully saturated rings. The summed E-state index contributed by atoms with van der Waals surface area (Å²) >= 11 is 0. The molecule has 0 amide bonds. The molecule has 0 saturated carbocycles. The quantitative estimate of drug-likeness (QED) is 0.250. The molecule has 1 atom stereocenters. The van der Waals surface area contributed by atoms with Crippen LogP contribution in [-0.2, 0) is 22.6 Å². The minimum absolute atomic E-state index is 0.00281. The third-order valence-corrected chi connectivity index (χ3v) is 7.99. The van der Waals surface area contributed by atoms with E-state index < -0.39 is 5.97 Å². The predicted octanol–water partition coefficient (Wildman–Crippen LogP) is 4.78. The van der Waals surface area contributed by atoms with E-state index in [0.29, 0.717) is 18.6 Å². The lowest BCUT2D eigenvalue weighted by Gasteiger charge is -2.40. The maximum absolute atomic E-state index is 13.4. The number of pyridine rings is 1. The van der Waals surface area contributed by atoms with Gasteiger partial charge in [-0.2, -0.15) is 4.89 Å². The van der Waals surface area contributed by atoms with Gasteiger partial charge in [0.15, 0.2) is 5.43 Å². The summed E-state index contributed by atoms with van der Waals surface area (Å²) in [5.74, 6) is 0.106. The molecule has 2 aromatic rings. The standard InChI is InChI=1S/C31H45N3O5/c1-6-24-28-25-12-11-23(38-18-10-8-7-9-15-33-16-13-32-14-17-33)19-22(25)20-27(31(2,3)4)34(28)21-26(29(24)35)30(36)39-37-5/h11-12,19,21,27,32H,6-10,13-18,20H2,1-5H3. The zero-order chi connectivity index (χ0) is 28.0. The van der Waals surface area contributed by atoms with Crippen molar-refractivity contribution in [3.05, 3.63) is 51.3 Å². The molecule has 1 aromatic carbocycles. The van der Waals surface area contributed by atoms with Crippen molar-refractivity contribution in [2.75, 3.05) is 46.4 Å². The molecule has 0 spiro atoms. The number of carbonyl (C=O) groups excluding carboxylic acids is 1. The molecular formula is C31H45N3O5. The molecule has 0 radical (unpaired) electrons. The topological polar surface area (TPSA) is 82.0 Å². The van der Waals surface area contributed by atoms with Gasteiger partial charge in [-0.1, -0.05) is 40.5 Å². The number of carbonyl (C=O) groups is 1. The zero-order valence-electron chi connectivity index (χ0n) is 24.3. The third kappa shape index (κ3) is 6.91. The van der Waals surface area contributed by atoms with Gasteiger partial charge < -0.3 is 19.5 Å². The summed E-state index contributed by atoms with van der Waals surface area (Å²) in [5.41, 5.74) is 3.28. The Morgan fingerprint density at radius 2 is 1.85 bits per heavy atom. The Labute approximate surface area is 232 Å². The molecule has 1 aromatic heterocycles. The van der Waals surface area contributed by atoms with E-state index in [1.54, 1.807) is 6.20 Å². The van der Waals surface area contributed by atoms with Crippen molar-refractivity contribution < 1.29 is 19.3 Å². The summed E-state index contributed by atoms with van der Waals surface area (Å²) in [4.78, 5) is 37.7.